The number of nitrogens with zero attached hydrogens (tertiary/aromatic N) is 2. The van der Waals surface area contributed by atoms with E-state index in [9.17, 15) is 4.79 Å². The summed E-state index contributed by atoms with van der Waals surface area (Å²) in [5.41, 5.74) is 1.54. The minimum absolute atomic E-state index is 0.183. The number of methoxy groups -OCH3 is 2. The molecule has 1 aliphatic heterocycles. The van der Waals surface area contributed by atoms with E-state index in [2.05, 4.69) is 34.4 Å². The molecule has 0 bridgehead atoms. The maximum atomic E-state index is 12.2. The van der Waals surface area contributed by atoms with Crippen LogP contribution in [0.25, 0.3) is 0 Å². The second-order valence-corrected chi connectivity index (χ2v) is 7.06. The Morgan fingerprint density at radius 1 is 1.14 bits per heavy atom. The predicted octanol–water partition coefficient (Wildman–Crippen LogP) is 3.03. The van der Waals surface area contributed by atoms with E-state index >= 15 is 0 Å². The van der Waals surface area contributed by atoms with E-state index in [0.717, 1.165) is 24.5 Å². The van der Waals surface area contributed by atoms with Crippen LogP contribution in [0.4, 0.5) is 16.3 Å². The number of carbonyl (C=O) groups is 1. The molecule has 1 aromatic heterocycles. The smallest absolute Gasteiger partial charge is 0.319 e. The highest BCUT2D eigenvalue weighted by atomic mass is 16.5. The number of benzene rings is 1. The van der Waals surface area contributed by atoms with Crippen LogP contribution in [-0.4, -0.2) is 50.5 Å². The molecule has 8 nitrogen and oxygen atoms in total. The van der Waals surface area contributed by atoms with E-state index < -0.39 is 0 Å². The highest BCUT2D eigenvalue weighted by Crippen LogP contribution is 2.29. The van der Waals surface area contributed by atoms with Gasteiger partial charge in [0.15, 0.2) is 11.5 Å². The maximum absolute atomic E-state index is 12.2. The number of rotatable bonds is 6. The molecule has 2 N–H and O–H groups in total. The fourth-order valence-electron chi connectivity index (χ4n) is 3.34. The lowest BCUT2D eigenvalue weighted by Gasteiger charge is -2.36. The molecule has 0 radical (unpaired) electrons. The molecule has 2 unspecified atom stereocenters. The largest absolute Gasteiger partial charge is 0.493 e. The van der Waals surface area contributed by atoms with E-state index in [4.69, 9.17) is 14.2 Å². The van der Waals surface area contributed by atoms with Gasteiger partial charge in [0.2, 0.25) is 0 Å². The quantitative estimate of drug-likeness (QED) is 0.775. The van der Waals surface area contributed by atoms with Crippen molar-refractivity contribution in [2.45, 2.75) is 32.6 Å². The fourth-order valence-corrected chi connectivity index (χ4v) is 3.34. The van der Waals surface area contributed by atoms with E-state index in [-0.39, 0.29) is 18.2 Å². The van der Waals surface area contributed by atoms with Crippen molar-refractivity contribution in [3.8, 4) is 11.5 Å². The molecule has 1 aliphatic rings. The van der Waals surface area contributed by atoms with Crippen molar-refractivity contribution in [2.24, 2.45) is 0 Å². The summed E-state index contributed by atoms with van der Waals surface area (Å²) in [7, 11) is 3.12. The first-order valence-electron chi connectivity index (χ1n) is 9.60. The molecule has 1 aromatic carbocycles. The Balaban J connectivity index is 1.53. The Hall–Kier alpha value is -3.00. The van der Waals surface area contributed by atoms with Crippen molar-refractivity contribution in [2.75, 3.05) is 37.5 Å². The van der Waals surface area contributed by atoms with Gasteiger partial charge in [-0.25, -0.2) is 9.78 Å². The molecule has 156 valence electrons. The van der Waals surface area contributed by atoms with Gasteiger partial charge in [0.05, 0.1) is 26.4 Å². The van der Waals surface area contributed by atoms with Crippen molar-refractivity contribution in [1.82, 2.24) is 10.3 Å². The van der Waals surface area contributed by atoms with Crippen LogP contribution in [0.2, 0.25) is 0 Å². The van der Waals surface area contributed by atoms with Crippen molar-refractivity contribution in [3.05, 3.63) is 42.1 Å². The SMILES string of the molecule is COc1ccc(NC(=O)NCc2ccc(N3CC(C)OC(C)C3)nc2)cc1OC. The summed E-state index contributed by atoms with van der Waals surface area (Å²) in [6.07, 6.45) is 2.15. The van der Waals surface area contributed by atoms with Gasteiger partial charge in [-0.05, 0) is 37.6 Å². The number of carbonyl (C=O) groups excluding carboxylic acids is 1. The fraction of sp³-hybridized carbons (Fsp3) is 0.429. The molecule has 3 rings (SSSR count). The third-order valence-electron chi connectivity index (χ3n) is 4.65. The number of hydrogen-bond acceptors (Lipinski definition) is 6. The number of hydrogen-bond donors (Lipinski definition) is 2. The van der Waals surface area contributed by atoms with Gasteiger partial charge < -0.3 is 29.7 Å². The highest BCUT2D eigenvalue weighted by molar-refractivity contribution is 5.89. The van der Waals surface area contributed by atoms with Crippen LogP contribution in [0.15, 0.2) is 36.5 Å². The van der Waals surface area contributed by atoms with Crippen LogP contribution in [0, 0.1) is 0 Å². The second kappa shape index (κ2) is 9.47. The van der Waals surface area contributed by atoms with Gasteiger partial charge in [-0.3, -0.25) is 0 Å². The molecule has 2 amide bonds. The summed E-state index contributed by atoms with van der Waals surface area (Å²) in [5.74, 6) is 2.08. The summed E-state index contributed by atoms with van der Waals surface area (Å²) in [5, 5.41) is 5.61. The average Bonchev–Trinajstić information content (AvgIpc) is 2.72. The first-order chi connectivity index (χ1) is 14.0. The predicted molar refractivity (Wildman–Crippen MR) is 112 cm³/mol. The summed E-state index contributed by atoms with van der Waals surface area (Å²) in [4.78, 5) is 19.0. The summed E-state index contributed by atoms with van der Waals surface area (Å²) in [6, 6.07) is 8.85. The van der Waals surface area contributed by atoms with Gasteiger partial charge >= 0.3 is 6.03 Å². The molecule has 0 saturated carbocycles. The Morgan fingerprint density at radius 3 is 2.48 bits per heavy atom. The molecule has 8 heteroatoms. The Morgan fingerprint density at radius 2 is 1.86 bits per heavy atom. The highest BCUT2D eigenvalue weighted by Gasteiger charge is 2.22. The van der Waals surface area contributed by atoms with Crippen LogP contribution in [0.5, 0.6) is 11.5 Å². The molecule has 0 aliphatic carbocycles. The zero-order valence-electron chi connectivity index (χ0n) is 17.3. The van der Waals surface area contributed by atoms with E-state index in [1.165, 1.54) is 0 Å². The van der Waals surface area contributed by atoms with Gasteiger partial charge in [0.25, 0.3) is 0 Å². The summed E-state index contributed by atoms with van der Waals surface area (Å²) in [6.45, 7) is 6.16. The van der Waals surface area contributed by atoms with Gasteiger partial charge in [-0.1, -0.05) is 6.07 Å². The summed E-state index contributed by atoms with van der Waals surface area (Å²) >= 11 is 0. The molecule has 2 aromatic rings. The van der Waals surface area contributed by atoms with Crippen molar-refractivity contribution in [1.29, 1.82) is 0 Å². The number of aromatic nitrogens is 1. The van der Waals surface area contributed by atoms with Crippen LogP contribution in [-0.2, 0) is 11.3 Å². The zero-order chi connectivity index (χ0) is 20.8. The molecular formula is C21H28N4O4. The van der Waals surface area contributed by atoms with Gasteiger partial charge in [-0.2, -0.15) is 0 Å². The number of pyridine rings is 1. The number of anilines is 2. The molecule has 1 saturated heterocycles. The minimum atomic E-state index is -0.308. The maximum Gasteiger partial charge on any atom is 0.319 e. The van der Waals surface area contributed by atoms with Crippen LogP contribution < -0.4 is 25.0 Å². The lowest BCUT2D eigenvalue weighted by Crippen LogP contribution is -2.45. The normalized spacial score (nSPS) is 18.8. The van der Waals surface area contributed by atoms with Crippen molar-refractivity contribution in [3.63, 3.8) is 0 Å². The zero-order valence-corrected chi connectivity index (χ0v) is 17.3. The Bertz CT molecular complexity index is 818. The average molecular weight is 400 g/mol. The lowest BCUT2D eigenvalue weighted by molar-refractivity contribution is -0.00546. The van der Waals surface area contributed by atoms with Crippen molar-refractivity contribution >= 4 is 17.5 Å². The van der Waals surface area contributed by atoms with E-state index in [1.54, 1.807) is 38.6 Å². The van der Waals surface area contributed by atoms with Gasteiger partial charge in [0.1, 0.15) is 5.82 Å². The van der Waals surface area contributed by atoms with E-state index in [0.29, 0.717) is 23.7 Å². The first-order valence-corrected chi connectivity index (χ1v) is 9.60. The molecule has 2 heterocycles. The lowest BCUT2D eigenvalue weighted by atomic mass is 10.2. The number of nitrogens with one attached hydrogen (secondary N) is 2. The molecule has 2 atom stereocenters. The van der Waals surface area contributed by atoms with Crippen LogP contribution in [0.3, 0.4) is 0 Å². The number of urea groups is 1. The standard InChI is InChI=1S/C21H28N4O4/c1-14-12-25(13-15(2)29-14)20-8-5-16(10-22-20)11-23-21(26)24-17-6-7-18(27-3)19(9-17)28-4/h5-10,14-15H,11-13H2,1-4H3,(H2,23,24,26). The Labute approximate surface area is 171 Å². The molecule has 0 spiro atoms. The van der Waals surface area contributed by atoms with Gasteiger partial charge in [0, 0.05) is 37.6 Å². The van der Waals surface area contributed by atoms with E-state index in [1.807, 2.05) is 12.1 Å². The van der Waals surface area contributed by atoms with Gasteiger partial charge in [-0.15, -0.1) is 0 Å². The number of amides is 2. The topological polar surface area (TPSA) is 85.0 Å². The first kappa shape index (κ1) is 20.7. The minimum Gasteiger partial charge on any atom is -0.493 e. The third kappa shape index (κ3) is 5.51. The number of morpholine rings is 1. The number of ether oxygens (including phenoxy) is 3. The molecular weight excluding hydrogens is 372 g/mol. The summed E-state index contributed by atoms with van der Waals surface area (Å²) < 4.78 is 16.2. The van der Waals surface area contributed by atoms with Crippen molar-refractivity contribution < 1.29 is 19.0 Å². The second-order valence-electron chi connectivity index (χ2n) is 7.06. The monoisotopic (exact) mass is 400 g/mol. The molecule has 1 fully saturated rings. The molecule has 29 heavy (non-hydrogen) atoms. The Kier molecular flexibility index (Phi) is 6.77. The third-order valence-corrected chi connectivity index (χ3v) is 4.65. The van der Waals surface area contributed by atoms with Crippen LogP contribution >= 0.6 is 0 Å². The van der Waals surface area contributed by atoms with Crippen LogP contribution in [0.1, 0.15) is 19.4 Å².